The van der Waals surface area contributed by atoms with Crippen molar-refractivity contribution in [3.05, 3.63) is 60.2 Å². The first-order chi connectivity index (χ1) is 9.55. The predicted octanol–water partition coefficient (Wildman–Crippen LogP) is 2.60. The third-order valence-electron chi connectivity index (χ3n) is 3.04. The van der Waals surface area contributed by atoms with Gasteiger partial charge in [-0.15, -0.1) is 0 Å². The van der Waals surface area contributed by atoms with Gasteiger partial charge in [-0.05, 0) is 17.7 Å². The maximum atomic E-state index is 12.6. The Morgan fingerprint density at radius 3 is 2.20 bits per heavy atom. The third-order valence-corrected chi connectivity index (χ3v) is 5.01. The van der Waals surface area contributed by atoms with Gasteiger partial charge < -0.3 is 5.11 Å². The number of benzene rings is 2. The number of para-hydroxylation sites is 1. The van der Waals surface area contributed by atoms with Gasteiger partial charge in [-0.25, -0.2) is 8.42 Å². The van der Waals surface area contributed by atoms with Crippen LogP contribution < -0.4 is 0 Å². The Hall–Kier alpha value is -1.85. The Kier molecular flexibility index (Phi) is 4.42. The molecule has 0 aromatic heterocycles. The van der Waals surface area contributed by atoms with E-state index >= 15 is 0 Å². The lowest BCUT2D eigenvalue weighted by Crippen LogP contribution is -2.30. The highest BCUT2D eigenvalue weighted by Crippen LogP contribution is 2.26. The van der Waals surface area contributed by atoms with Crippen molar-refractivity contribution in [2.75, 3.05) is 6.54 Å². The van der Waals surface area contributed by atoms with Crippen molar-refractivity contribution < 1.29 is 13.5 Å². The van der Waals surface area contributed by atoms with E-state index in [0.29, 0.717) is 6.54 Å². The molecule has 1 N–H and O–H groups in total. The number of phenols is 1. The molecule has 0 saturated heterocycles. The summed E-state index contributed by atoms with van der Waals surface area (Å²) in [5, 5.41) is 9.75. The van der Waals surface area contributed by atoms with Gasteiger partial charge in [-0.1, -0.05) is 49.4 Å². The molecular formula is C15H17NO3S. The Morgan fingerprint density at radius 1 is 1.00 bits per heavy atom. The van der Waals surface area contributed by atoms with E-state index in [9.17, 15) is 13.5 Å². The van der Waals surface area contributed by atoms with E-state index < -0.39 is 10.0 Å². The number of hydrogen-bond acceptors (Lipinski definition) is 3. The van der Waals surface area contributed by atoms with Crippen molar-refractivity contribution in [1.29, 1.82) is 0 Å². The van der Waals surface area contributed by atoms with Crippen LogP contribution >= 0.6 is 0 Å². The van der Waals surface area contributed by atoms with E-state index in [1.165, 1.54) is 16.4 Å². The second-order valence-electron chi connectivity index (χ2n) is 4.38. The van der Waals surface area contributed by atoms with E-state index in [-0.39, 0.29) is 17.2 Å². The smallest absolute Gasteiger partial charge is 0.247 e. The lowest BCUT2D eigenvalue weighted by atomic mass is 10.2. The molecule has 0 radical (unpaired) electrons. The van der Waals surface area contributed by atoms with Gasteiger partial charge in [0.2, 0.25) is 10.0 Å². The molecule has 0 aliphatic heterocycles. The van der Waals surface area contributed by atoms with E-state index in [2.05, 4.69) is 0 Å². The molecule has 0 aliphatic rings. The van der Waals surface area contributed by atoms with Crippen molar-refractivity contribution in [3.8, 4) is 5.75 Å². The van der Waals surface area contributed by atoms with Crippen LogP contribution in [0.1, 0.15) is 12.5 Å². The normalized spacial score (nSPS) is 11.7. The van der Waals surface area contributed by atoms with Crippen LogP contribution in [-0.4, -0.2) is 24.4 Å². The number of aromatic hydroxyl groups is 1. The van der Waals surface area contributed by atoms with E-state index in [1.807, 2.05) is 30.3 Å². The maximum Gasteiger partial charge on any atom is 0.247 e. The van der Waals surface area contributed by atoms with Crippen LogP contribution in [0.2, 0.25) is 0 Å². The molecule has 0 spiro atoms. The van der Waals surface area contributed by atoms with Gasteiger partial charge in [0.25, 0.3) is 0 Å². The maximum absolute atomic E-state index is 12.6. The monoisotopic (exact) mass is 291 g/mol. The molecule has 2 rings (SSSR count). The van der Waals surface area contributed by atoms with Crippen molar-refractivity contribution in [3.63, 3.8) is 0 Å². The van der Waals surface area contributed by atoms with Crippen molar-refractivity contribution in [1.82, 2.24) is 4.31 Å². The topological polar surface area (TPSA) is 57.6 Å². The molecule has 0 aliphatic carbocycles. The standard InChI is InChI=1S/C15H17NO3S/c1-2-16(12-13-8-4-3-5-9-13)20(18,19)15-11-7-6-10-14(15)17/h3-11,17H,2,12H2,1H3. The fourth-order valence-corrected chi connectivity index (χ4v) is 3.49. The zero-order valence-electron chi connectivity index (χ0n) is 11.2. The Morgan fingerprint density at radius 2 is 1.60 bits per heavy atom. The summed E-state index contributed by atoms with van der Waals surface area (Å²) >= 11 is 0. The van der Waals surface area contributed by atoms with Gasteiger partial charge in [0.15, 0.2) is 0 Å². The molecule has 0 fully saturated rings. The molecule has 0 atom stereocenters. The number of hydrogen-bond donors (Lipinski definition) is 1. The second kappa shape index (κ2) is 6.07. The summed E-state index contributed by atoms with van der Waals surface area (Å²) in [4.78, 5) is -0.0576. The van der Waals surface area contributed by atoms with Crippen LogP contribution in [-0.2, 0) is 16.6 Å². The second-order valence-corrected chi connectivity index (χ2v) is 6.29. The molecule has 0 saturated carbocycles. The Labute approximate surface area is 119 Å². The zero-order chi connectivity index (χ0) is 14.6. The molecule has 0 amide bonds. The van der Waals surface area contributed by atoms with Crippen LogP contribution in [0.15, 0.2) is 59.5 Å². The first-order valence-corrected chi connectivity index (χ1v) is 7.81. The van der Waals surface area contributed by atoms with Gasteiger partial charge in [-0.2, -0.15) is 4.31 Å². The van der Waals surface area contributed by atoms with Crippen LogP contribution in [0, 0.1) is 0 Å². The number of sulfonamides is 1. The lowest BCUT2D eigenvalue weighted by molar-refractivity contribution is 0.413. The molecule has 0 unspecified atom stereocenters. The molecule has 2 aromatic rings. The van der Waals surface area contributed by atoms with Crippen LogP contribution in [0.5, 0.6) is 5.75 Å². The molecule has 2 aromatic carbocycles. The van der Waals surface area contributed by atoms with E-state index in [4.69, 9.17) is 0 Å². The number of nitrogens with zero attached hydrogens (tertiary/aromatic N) is 1. The van der Waals surface area contributed by atoms with E-state index in [0.717, 1.165) is 5.56 Å². The van der Waals surface area contributed by atoms with Crippen LogP contribution in [0.3, 0.4) is 0 Å². The average molecular weight is 291 g/mol. The van der Waals surface area contributed by atoms with Gasteiger partial charge in [-0.3, -0.25) is 0 Å². The highest BCUT2D eigenvalue weighted by molar-refractivity contribution is 7.89. The number of phenolic OH excluding ortho intramolecular Hbond substituents is 1. The van der Waals surface area contributed by atoms with Crippen molar-refractivity contribution in [2.45, 2.75) is 18.4 Å². The summed E-state index contributed by atoms with van der Waals surface area (Å²) in [5.41, 5.74) is 0.911. The fourth-order valence-electron chi connectivity index (χ4n) is 1.97. The number of rotatable bonds is 5. The fraction of sp³-hybridized carbons (Fsp3) is 0.200. The summed E-state index contributed by atoms with van der Waals surface area (Å²) in [6, 6.07) is 15.4. The quantitative estimate of drug-likeness (QED) is 0.921. The minimum Gasteiger partial charge on any atom is -0.507 e. The van der Waals surface area contributed by atoms with Gasteiger partial charge >= 0.3 is 0 Å². The molecule has 106 valence electrons. The van der Waals surface area contributed by atoms with Gasteiger partial charge in [0, 0.05) is 13.1 Å². The van der Waals surface area contributed by atoms with Gasteiger partial charge in [0.1, 0.15) is 10.6 Å². The average Bonchev–Trinajstić information content (AvgIpc) is 2.46. The minimum absolute atomic E-state index is 0.0576. The Bertz CT molecular complexity index is 669. The first kappa shape index (κ1) is 14.6. The van der Waals surface area contributed by atoms with Crippen molar-refractivity contribution >= 4 is 10.0 Å². The summed E-state index contributed by atoms with van der Waals surface area (Å²) in [6.07, 6.45) is 0. The third kappa shape index (κ3) is 3.00. The summed E-state index contributed by atoms with van der Waals surface area (Å²) in [6.45, 7) is 2.40. The molecule has 4 nitrogen and oxygen atoms in total. The largest absolute Gasteiger partial charge is 0.507 e. The van der Waals surface area contributed by atoms with Crippen LogP contribution in [0.25, 0.3) is 0 Å². The summed E-state index contributed by atoms with van der Waals surface area (Å²) in [5.74, 6) is -0.223. The molecule has 0 heterocycles. The SMILES string of the molecule is CCN(Cc1ccccc1)S(=O)(=O)c1ccccc1O. The highest BCUT2D eigenvalue weighted by atomic mass is 32.2. The van der Waals surface area contributed by atoms with Crippen LogP contribution in [0.4, 0.5) is 0 Å². The minimum atomic E-state index is -3.70. The predicted molar refractivity (Wildman–Crippen MR) is 77.8 cm³/mol. The highest BCUT2D eigenvalue weighted by Gasteiger charge is 2.25. The molecule has 5 heteroatoms. The lowest BCUT2D eigenvalue weighted by Gasteiger charge is -2.21. The van der Waals surface area contributed by atoms with Crippen molar-refractivity contribution in [2.24, 2.45) is 0 Å². The van der Waals surface area contributed by atoms with Gasteiger partial charge in [0.05, 0.1) is 0 Å². The van der Waals surface area contributed by atoms with E-state index in [1.54, 1.807) is 19.1 Å². The zero-order valence-corrected chi connectivity index (χ0v) is 12.0. The summed E-state index contributed by atoms with van der Waals surface area (Å²) in [7, 11) is -3.70. The molecular weight excluding hydrogens is 274 g/mol. The first-order valence-electron chi connectivity index (χ1n) is 6.37. The molecule has 0 bridgehead atoms. The summed E-state index contributed by atoms with van der Waals surface area (Å²) < 4.78 is 26.5. The molecule has 20 heavy (non-hydrogen) atoms. The Balaban J connectivity index is 2.34.